The van der Waals surface area contributed by atoms with Crippen molar-refractivity contribution in [1.29, 1.82) is 0 Å². The van der Waals surface area contributed by atoms with E-state index in [9.17, 15) is 8.78 Å². The molecule has 0 bridgehead atoms. The van der Waals surface area contributed by atoms with Gasteiger partial charge in [-0.05, 0) is 34.5 Å². The Balaban J connectivity index is 3.34. The van der Waals surface area contributed by atoms with Crippen LogP contribution >= 0.6 is 15.9 Å². The van der Waals surface area contributed by atoms with E-state index in [1.54, 1.807) is 6.92 Å². The Labute approximate surface area is 102 Å². The summed E-state index contributed by atoms with van der Waals surface area (Å²) in [6.07, 6.45) is 0.380. The van der Waals surface area contributed by atoms with Crippen molar-refractivity contribution in [1.82, 2.24) is 0 Å². The van der Waals surface area contributed by atoms with E-state index in [0.717, 1.165) is 0 Å². The molecule has 0 saturated heterocycles. The van der Waals surface area contributed by atoms with Gasteiger partial charge in [0.2, 0.25) is 0 Å². The number of hydrogen-bond donors (Lipinski definition) is 1. The maximum atomic E-state index is 13.8. The molecule has 0 spiro atoms. The number of benzene rings is 1. The number of methoxy groups -OCH3 is 1. The number of halogens is 3. The van der Waals surface area contributed by atoms with Gasteiger partial charge in [0.25, 0.3) is 0 Å². The molecule has 0 aromatic heterocycles. The summed E-state index contributed by atoms with van der Waals surface area (Å²) in [6, 6.07) is 2.51. The third-order valence-corrected chi connectivity index (χ3v) is 3.19. The molecule has 1 aromatic carbocycles. The largest absolute Gasteiger partial charge is 0.382 e. The second-order valence-corrected chi connectivity index (χ2v) is 4.52. The van der Waals surface area contributed by atoms with Gasteiger partial charge in [-0.15, -0.1) is 0 Å². The highest BCUT2D eigenvalue weighted by Crippen LogP contribution is 2.31. The quantitative estimate of drug-likeness (QED) is 0.867. The fraction of sp³-hybridized carbons (Fsp3) is 0.455. The fourth-order valence-electron chi connectivity index (χ4n) is 1.59. The van der Waals surface area contributed by atoms with Crippen LogP contribution in [0.2, 0.25) is 0 Å². The summed E-state index contributed by atoms with van der Waals surface area (Å²) < 4.78 is 32.6. The Kier molecular flexibility index (Phi) is 4.41. The van der Waals surface area contributed by atoms with Gasteiger partial charge in [0.15, 0.2) is 0 Å². The van der Waals surface area contributed by atoms with Crippen molar-refractivity contribution < 1.29 is 13.5 Å². The lowest BCUT2D eigenvalue weighted by molar-refractivity contribution is 0.124. The monoisotopic (exact) mass is 293 g/mol. The molecule has 90 valence electrons. The van der Waals surface area contributed by atoms with Crippen LogP contribution in [-0.4, -0.2) is 13.7 Å². The molecule has 0 fully saturated rings. The molecule has 1 atom stereocenters. The van der Waals surface area contributed by atoms with Crippen molar-refractivity contribution >= 4 is 15.9 Å². The highest BCUT2D eigenvalue weighted by Gasteiger charge is 2.32. The fourth-order valence-corrected chi connectivity index (χ4v) is 1.92. The summed E-state index contributed by atoms with van der Waals surface area (Å²) in [7, 11) is 1.45. The molecule has 1 rings (SSSR count). The summed E-state index contributed by atoms with van der Waals surface area (Å²) in [5.74, 6) is -1.32. The summed E-state index contributed by atoms with van der Waals surface area (Å²) in [5, 5.41) is 0. The van der Waals surface area contributed by atoms with Gasteiger partial charge in [-0.2, -0.15) is 0 Å². The van der Waals surface area contributed by atoms with Crippen molar-refractivity contribution in [3.05, 3.63) is 33.8 Å². The standard InChI is InChI=1S/C11H14BrF2NO/c1-3-11(15,6-16-2)9-8(13)5-4-7(12)10(9)14/h4-5H,3,6,15H2,1-2H3. The van der Waals surface area contributed by atoms with Crippen molar-refractivity contribution in [2.45, 2.75) is 18.9 Å². The van der Waals surface area contributed by atoms with E-state index in [1.807, 2.05) is 0 Å². The van der Waals surface area contributed by atoms with Crippen LogP contribution < -0.4 is 5.73 Å². The van der Waals surface area contributed by atoms with Crippen LogP contribution in [0.3, 0.4) is 0 Å². The lowest BCUT2D eigenvalue weighted by Crippen LogP contribution is -2.42. The predicted molar refractivity (Wildman–Crippen MR) is 62.1 cm³/mol. The smallest absolute Gasteiger partial charge is 0.145 e. The molecule has 1 unspecified atom stereocenters. The first-order chi connectivity index (χ1) is 7.46. The molecule has 0 aliphatic carbocycles. The predicted octanol–water partition coefficient (Wildman–Crippen LogP) is 2.94. The Hall–Kier alpha value is -0.520. The molecular weight excluding hydrogens is 280 g/mol. The summed E-state index contributed by atoms with van der Waals surface area (Å²) in [4.78, 5) is 0. The van der Waals surface area contributed by atoms with Gasteiger partial charge in [0, 0.05) is 12.7 Å². The van der Waals surface area contributed by atoms with Crippen molar-refractivity contribution in [2.75, 3.05) is 13.7 Å². The lowest BCUT2D eigenvalue weighted by Gasteiger charge is -2.28. The zero-order valence-corrected chi connectivity index (χ0v) is 10.8. The van der Waals surface area contributed by atoms with E-state index in [4.69, 9.17) is 10.5 Å². The minimum Gasteiger partial charge on any atom is -0.382 e. The maximum Gasteiger partial charge on any atom is 0.145 e. The highest BCUT2D eigenvalue weighted by atomic mass is 79.9. The molecule has 16 heavy (non-hydrogen) atoms. The Morgan fingerprint density at radius 1 is 1.44 bits per heavy atom. The van der Waals surface area contributed by atoms with Crippen LogP contribution in [0.25, 0.3) is 0 Å². The number of nitrogens with two attached hydrogens (primary N) is 1. The van der Waals surface area contributed by atoms with Crippen LogP contribution in [-0.2, 0) is 10.3 Å². The molecule has 0 heterocycles. The molecule has 0 radical (unpaired) electrons. The van der Waals surface area contributed by atoms with Crippen molar-refractivity contribution in [2.24, 2.45) is 5.73 Å². The lowest BCUT2D eigenvalue weighted by atomic mass is 9.88. The molecule has 2 nitrogen and oxygen atoms in total. The molecule has 0 amide bonds. The molecule has 2 N–H and O–H groups in total. The molecule has 0 saturated carbocycles. The van der Waals surface area contributed by atoms with Gasteiger partial charge in [0.1, 0.15) is 11.6 Å². The van der Waals surface area contributed by atoms with Crippen molar-refractivity contribution in [3.63, 3.8) is 0 Å². The normalized spacial score (nSPS) is 14.9. The van der Waals surface area contributed by atoms with Crippen LogP contribution in [0, 0.1) is 11.6 Å². The second kappa shape index (κ2) is 5.21. The maximum absolute atomic E-state index is 13.8. The van der Waals surface area contributed by atoms with E-state index in [1.165, 1.54) is 19.2 Å². The van der Waals surface area contributed by atoms with Crippen LogP contribution in [0.4, 0.5) is 8.78 Å². The topological polar surface area (TPSA) is 35.2 Å². The first kappa shape index (κ1) is 13.5. The Morgan fingerprint density at radius 2 is 2.06 bits per heavy atom. The highest BCUT2D eigenvalue weighted by molar-refractivity contribution is 9.10. The van der Waals surface area contributed by atoms with E-state index >= 15 is 0 Å². The van der Waals surface area contributed by atoms with Crippen LogP contribution in [0.1, 0.15) is 18.9 Å². The minimum absolute atomic E-state index is 0.0633. The van der Waals surface area contributed by atoms with E-state index < -0.39 is 17.2 Å². The minimum atomic E-state index is -1.15. The number of hydrogen-bond acceptors (Lipinski definition) is 2. The molecule has 0 aliphatic heterocycles. The van der Waals surface area contributed by atoms with Gasteiger partial charge >= 0.3 is 0 Å². The first-order valence-electron chi connectivity index (χ1n) is 4.88. The first-order valence-corrected chi connectivity index (χ1v) is 5.67. The van der Waals surface area contributed by atoms with Gasteiger partial charge in [-0.1, -0.05) is 6.92 Å². The number of ether oxygens (including phenoxy) is 1. The summed E-state index contributed by atoms with van der Waals surface area (Å²) in [6.45, 7) is 1.83. The molecule has 0 aliphatic rings. The third kappa shape index (κ3) is 2.42. The van der Waals surface area contributed by atoms with Crippen LogP contribution in [0.15, 0.2) is 16.6 Å². The molecule has 1 aromatic rings. The zero-order valence-electron chi connectivity index (χ0n) is 9.19. The Morgan fingerprint density at radius 3 is 2.56 bits per heavy atom. The third-order valence-electron chi connectivity index (χ3n) is 2.57. The summed E-state index contributed by atoms with van der Waals surface area (Å²) in [5.41, 5.74) is 4.69. The molecule has 5 heteroatoms. The Bertz CT molecular complexity index is 386. The average Bonchev–Trinajstić information content (AvgIpc) is 2.24. The summed E-state index contributed by atoms with van der Waals surface area (Å²) >= 11 is 3.01. The van der Waals surface area contributed by atoms with E-state index in [0.29, 0.717) is 6.42 Å². The van der Waals surface area contributed by atoms with E-state index in [-0.39, 0.29) is 16.6 Å². The van der Waals surface area contributed by atoms with E-state index in [2.05, 4.69) is 15.9 Å². The SMILES string of the molecule is CCC(N)(COC)c1c(F)ccc(Br)c1F. The average molecular weight is 294 g/mol. The number of rotatable bonds is 4. The van der Waals surface area contributed by atoms with Crippen molar-refractivity contribution in [3.8, 4) is 0 Å². The zero-order chi connectivity index (χ0) is 12.3. The second-order valence-electron chi connectivity index (χ2n) is 3.66. The van der Waals surface area contributed by atoms with Crippen LogP contribution in [0.5, 0.6) is 0 Å². The molecular formula is C11H14BrF2NO. The van der Waals surface area contributed by atoms with Gasteiger partial charge < -0.3 is 10.5 Å². The van der Waals surface area contributed by atoms with Gasteiger partial charge in [-0.25, -0.2) is 8.78 Å². The van der Waals surface area contributed by atoms with Gasteiger partial charge in [-0.3, -0.25) is 0 Å². The van der Waals surface area contributed by atoms with Gasteiger partial charge in [0.05, 0.1) is 16.6 Å².